The van der Waals surface area contributed by atoms with E-state index in [0.717, 1.165) is 0 Å². The number of amidine groups is 1. The fourth-order valence-corrected chi connectivity index (χ4v) is 1.93. The van der Waals surface area contributed by atoms with Crippen molar-refractivity contribution < 1.29 is 10.0 Å². The monoisotopic (exact) mass is 229 g/mol. The Morgan fingerprint density at radius 1 is 1.25 bits per heavy atom. The fourth-order valence-electron chi connectivity index (χ4n) is 1.93. The predicted octanol–water partition coefficient (Wildman–Crippen LogP) is 1.41. The SMILES string of the molecule is CCN(CC)C(=O)C(CC)(CC)C(N)=NO. The summed E-state index contributed by atoms with van der Waals surface area (Å²) in [6.07, 6.45) is 1.07. The number of amides is 1. The molecule has 0 aromatic carbocycles. The molecular formula is C11H23N3O2. The van der Waals surface area contributed by atoms with Crippen LogP contribution < -0.4 is 5.73 Å². The number of carbonyl (C=O) groups is 1. The van der Waals surface area contributed by atoms with Crippen molar-refractivity contribution in [3.05, 3.63) is 0 Å². The van der Waals surface area contributed by atoms with E-state index in [1.54, 1.807) is 4.90 Å². The Kier molecular flexibility index (Phi) is 5.85. The quantitative estimate of drug-likeness (QED) is 0.313. The van der Waals surface area contributed by atoms with Gasteiger partial charge in [0.15, 0.2) is 5.84 Å². The number of hydrogen-bond donors (Lipinski definition) is 2. The van der Waals surface area contributed by atoms with Gasteiger partial charge in [0.1, 0.15) is 5.41 Å². The molecule has 0 atom stereocenters. The molecule has 0 radical (unpaired) electrons. The third-order valence-electron chi connectivity index (χ3n) is 3.27. The summed E-state index contributed by atoms with van der Waals surface area (Å²) in [5.41, 5.74) is 4.81. The molecule has 0 aromatic rings. The Hall–Kier alpha value is -1.26. The van der Waals surface area contributed by atoms with Gasteiger partial charge in [-0.15, -0.1) is 0 Å². The number of oxime groups is 1. The van der Waals surface area contributed by atoms with E-state index in [1.807, 2.05) is 27.7 Å². The molecule has 0 bridgehead atoms. The van der Waals surface area contributed by atoms with Gasteiger partial charge in [0.25, 0.3) is 0 Å². The van der Waals surface area contributed by atoms with Crippen LogP contribution in [0.25, 0.3) is 0 Å². The van der Waals surface area contributed by atoms with Crippen LogP contribution in [0.4, 0.5) is 0 Å². The van der Waals surface area contributed by atoms with E-state index in [9.17, 15) is 4.79 Å². The Morgan fingerprint density at radius 2 is 1.69 bits per heavy atom. The molecular weight excluding hydrogens is 206 g/mol. The number of hydrogen-bond acceptors (Lipinski definition) is 3. The number of nitrogens with two attached hydrogens (primary N) is 1. The maximum absolute atomic E-state index is 12.3. The maximum Gasteiger partial charge on any atom is 0.236 e. The number of carbonyl (C=O) groups excluding carboxylic acids is 1. The molecule has 0 aromatic heterocycles. The van der Waals surface area contributed by atoms with Crippen LogP contribution in [0.5, 0.6) is 0 Å². The van der Waals surface area contributed by atoms with Gasteiger partial charge < -0.3 is 15.8 Å². The molecule has 0 unspecified atom stereocenters. The van der Waals surface area contributed by atoms with Crippen molar-refractivity contribution in [2.45, 2.75) is 40.5 Å². The van der Waals surface area contributed by atoms with E-state index < -0.39 is 5.41 Å². The summed E-state index contributed by atoms with van der Waals surface area (Å²) in [7, 11) is 0. The van der Waals surface area contributed by atoms with Crippen molar-refractivity contribution in [1.82, 2.24) is 4.90 Å². The van der Waals surface area contributed by atoms with Gasteiger partial charge >= 0.3 is 0 Å². The Morgan fingerprint density at radius 3 is 1.94 bits per heavy atom. The smallest absolute Gasteiger partial charge is 0.236 e. The average molecular weight is 229 g/mol. The summed E-state index contributed by atoms with van der Waals surface area (Å²) in [4.78, 5) is 14.1. The second-order valence-electron chi connectivity index (χ2n) is 3.75. The van der Waals surface area contributed by atoms with E-state index in [-0.39, 0.29) is 11.7 Å². The molecule has 16 heavy (non-hydrogen) atoms. The molecule has 5 nitrogen and oxygen atoms in total. The highest BCUT2D eigenvalue weighted by atomic mass is 16.4. The van der Waals surface area contributed by atoms with Crippen LogP contribution in [0, 0.1) is 5.41 Å². The molecule has 0 saturated carbocycles. The zero-order valence-corrected chi connectivity index (χ0v) is 10.7. The lowest BCUT2D eigenvalue weighted by Crippen LogP contribution is -2.50. The molecule has 94 valence electrons. The average Bonchev–Trinajstić information content (AvgIpc) is 2.32. The normalized spacial score (nSPS) is 12.6. The van der Waals surface area contributed by atoms with Crippen LogP contribution in [-0.4, -0.2) is 34.9 Å². The molecule has 3 N–H and O–H groups in total. The van der Waals surface area contributed by atoms with Gasteiger partial charge in [-0.05, 0) is 26.7 Å². The van der Waals surface area contributed by atoms with Crippen molar-refractivity contribution in [1.29, 1.82) is 0 Å². The first-order valence-electron chi connectivity index (χ1n) is 5.81. The van der Waals surface area contributed by atoms with Crippen molar-refractivity contribution in [3.63, 3.8) is 0 Å². The summed E-state index contributed by atoms with van der Waals surface area (Å²) in [5, 5.41) is 11.8. The molecule has 1 amide bonds. The van der Waals surface area contributed by atoms with Crippen LogP contribution in [0.1, 0.15) is 40.5 Å². The van der Waals surface area contributed by atoms with Crippen molar-refractivity contribution in [2.75, 3.05) is 13.1 Å². The zero-order chi connectivity index (χ0) is 12.8. The second kappa shape index (κ2) is 6.35. The van der Waals surface area contributed by atoms with Gasteiger partial charge in [0.2, 0.25) is 5.91 Å². The van der Waals surface area contributed by atoms with Crippen LogP contribution in [0.15, 0.2) is 5.16 Å². The first kappa shape index (κ1) is 14.7. The Labute approximate surface area is 97.3 Å². The highest BCUT2D eigenvalue weighted by Crippen LogP contribution is 2.29. The van der Waals surface area contributed by atoms with Crippen LogP contribution in [0.2, 0.25) is 0 Å². The highest BCUT2D eigenvalue weighted by molar-refractivity contribution is 6.06. The third-order valence-corrected chi connectivity index (χ3v) is 3.27. The van der Waals surface area contributed by atoms with Gasteiger partial charge in [0, 0.05) is 13.1 Å². The zero-order valence-electron chi connectivity index (χ0n) is 10.7. The summed E-state index contributed by atoms with van der Waals surface area (Å²) in [6, 6.07) is 0. The summed E-state index contributed by atoms with van der Waals surface area (Å²) < 4.78 is 0. The van der Waals surface area contributed by atoms with Crippen molar-refractivity contribution in [3.8, 4) is 0 Å². The van der Waals surface area contributed by atoms with Gasteiger partial charge in [-0.2, -0.15) is 0 Å². The third kappa shape index (κ3) is 2.46. The van der Waals surface area contributed by atoms with Crippen LogP contribution >= 0.6 is 0 Å². The Bertz CT molecular complexity index is 256. The van der Waals surface area contributed by atoms with E-state index in [4.69, 9.17) is 10.9 Å². The standard InChI is InChI=1S/C11H23N3O2/c1-5-11(6-2,9(12)13-16)10(15)14(7-3)8-4/h16H,5-8H2,1-4H3,(H2,12,13). The molecule has 0 aliphatic carbocycles. The minimum atomic E-state index is -0.860. The highest BCUT2D eigenvalue weighted by Gasteiger charge is 2.41. The molecule has 0 fully saturated rings. The lowest BCUT2D eigenvalue weighted by molar-refractivity contribution is -0.138. The molecule has 0 aliphatic rings. The largest absolute Gasteiger partial charge is 0.409 e. The first-order chi connectivity index (χ1) is 7.53. The molecule has 0 spiro atoms. The van der Waals surface area contributed by atoms with E-state index in [0.29, 0.717) is 25.9 Å². The summed E-state index contributed by atoms with van der Waals surface area (Å²) >= 11 is 0. The lowest BCUT2D eigenvalue weighted by Gasteiger charge is -2.34. The van der Waals surface area contributed by atoms with Gasteiger partial charge in [0.05, 0.1) is 0 Å². The molecule has 5 heteroatoms. The summed E-state index contributed by atoms with van der Waals surface area (Å²) in [6.45, 7) is 8.87. The van der Waals surface area contributed by atoms with Crippen molar-refractivity contribution >= 4 is 11.7 Å². The topological polar surface area (TPSA) is 78.9 Å². The van der Waals surface area contributed by atoms with Gasteiger partial charge in [-0.3, -0.25) is 4.79 Å². The molecule has 0 saturated heterocycles. The molecule has 0 rings (SSSR count). The number of rotatable bonds is 6. The van der Waals surface area contributed by atoms with E-state index in [2.05, 4.69) is 5.16 Å². The predicted molar refractivity (Wildman–Crippen MR) is 64.4 cm³/mol. The molecule has 0 aliphatic heterocycles. The van der Waals surface area contributed by atoms with E-state index in [1.165, 1.54) is 0 Å². The van der Waals surface area contributed by atoms with Gasteiger partial charge in [-0.1, -0.05) is 19.0 Å². The number of nitrogens with zero attached hydrogens (tertiary/aromatic N) is 2. The Balaban J connectivity index is 5.27. The first-order valence-corrected chi connectivity index (χ1v) is 5.81. The minimum Gasteiger partial charge on any atom is -0.409 e. The molecule has 0 heterocycles. The fraction of sp³-hybridized carbons (Fsp3) is 0.818. The van der Waals surface area contributed by atoms with Crippen LogP contribution in [-0.2, 0) is 4.79 Å². The van der Waals surface area contributed by atoms with Gasteiger partial charge in [-0.25, -0.2) is 0 Å². The van der Waals surface area contributed by atoms with Crippen LogP contribution in [0.3, 0.4) is 0 Å². The minimum absolute atomic E-state index is 0.00870. The second-order valence-corrected chi connectivity index (χ2v) is 3.75. The lowest BCUT2D eigenvalue weighted by atomic mass is 9.79. The maximum atomic E-state index is 12.3. The van der Waals surface area contributed by atoms with Crippen molar-refractivity contribution in [2.24, 2.45) is 16.3 Å². The van der Waals surface area contributed by atoms with E-state index >= 15 is 0 Å². The summed E-state index contributed by atoms with van der Waals surface area (Å²) in [5.74, 6) is -0.0489.